The van der Waals surface area contributed by atoms with Crippen molar-refractivity contribution in [1.82, 2.24) is 5.32 Å². The zero-order chi connectivity index (χ0) is 60.0. The molecule has 3 atom stereocenters. The van der Waals surface area contributed by atoms with Crippen molar-refractivity contribution in [2.75, 3.05) is 40.9 Å². The van der Waals surface area contributed by atoms with Crippen molar-refractivity contribution in [2.45, 2.75) is 322 Å². The number of nitrogens with one attached hydrogen (secondary N) is 1. The molecule has 82 heavy (non-hydrogen) atoms. The molecule has 0 spiro atoms. The highest BCUT2D eigenvalue weighted by Crippen LogP contribution is 2.43. The summed E-state index contributed by atoms with van der Waals surface area (Å²) in [5.74, 6) is -0.537. The summed E-state index contributed by atoms with van der Waals surface area (Å²) in [6.45, 7) is 6.89. The lowest BCUT2D eigenvalue weighted by Gasteiger charge is -2.27. The van der Waals surface area contributed by atoms with Gasteiger partial charge in [0.05, 0.1) is 33.8 Å². The van der Waals surface area contributed by atoms with Gasteiger partial charge in [0.15, 0.2) is 0 Å². The van der Waals surface area contributed by atoms with Gasteiger partial charge in [0.1, 0.15) is 19.3 Å². The molecule has 9 nitrogen and oxygen atoms in total. The lowest BCUT2D eigenvalue weighted by atomic mass is 10.0. The Labute approximate surface area is 507 Å². The first kappa shape index (κ1) is 79.2. The lowest BCUT2D eigenvalue weighted by Crippen LogP contribution is -2.47. The number of allylic oxidation sites excluding steroid dienone is 13. The summed E-state index contributed by atoms with van der Waals surface area (Å²) in [5.41, 5.74) is 0. The van der Waals surface area contributed by atoms with Gasteiger partial charge in [-0.05, 0) is 102 Å². The lowest BCUT2D eigenvalue weighted by molar-refractivity contribution is -0.870. The van der Waals surface area contributed by atoms with Crippen molar-refractivity contribution in [3.05, 3.63) is 85.1 Å². The summed E-state index contributed by atoms with van der Waals surface area (Å²) < 4.78 is 30.8. The van der Waals surface area contributed by atoms with E-state index in [0.29, 0.717) is 23.9 Å². The third-order valence-corrected chi connectivity index (χ3v) is 16.1. The number of carbonyl (C=O) groups excluding carboxylic acids is 2. The molecule has 1 amide bonds. The van der Waals surface area contributed by atoms with Gasteiger partial charge in [-0.25, -0.2) is 4.57 Å². The molecule has 0 bridgehead atoms. The van der Waals surface area contributed by atoms with Crippen molar-refractivity contribution in [1.29, 1.82) is 0 Å². The Hall–Kier alpha value is -2.81. The number of phosphoric acid groups is 1. The van der Waals surface area contributed by atoms with E-state index in [9.17, 15) is 19.0 Å². The summed E-state index contributed by atoms with van der Waals surface area (Å²) >= 11 is 0. The number of phosphoric ester groups is 1. The first-order valence-corrected chi connectivity index (χ1v) is 35.9. The summed E-state index contributed by atoms with van der Waals surface area (Å²) in [6.07, 6.45) is 81.7. The van der Waals surface area contributed by atoms with Crippen LogP contribution in [0.3, 0.4) is 0 Å². The summed E-state index contributed by atoms with van der Waals surface area (Å²) in [5, 5.41) is 3.05. The maximum absolute atomic E-state index is 13.6. The Kier molecular flexibility index (Phi) is 59.2. The smallest absolute Gasteiger partial charge is 0.456 e. The van der Waals surface area contributed by atoms with Crippen molar-refractivity contribution in [3.8, 4) is 0 Å². The number of amides is 1. The van der Waals surface area contributed by atoms with Gasteiger partial charge in [-0.15, -0.1) is 0 Å². The molecule has 0 aliphatic rings. The summed E-state index contributed by atoms with van der Waals surface area (Å²) in [6, 6.07) is -0.869. The highest BCUT2D eigenvalue weighted by molar-refractivity contribution is 7.47. The second-order valence-corrected chi connectivity index (χ2v) is 25.8. The molecule has 0 radical (unpaired) electrons. The monoisotopic (exact) mass is 1170 g/mol. The zero-order valence-electron chi connectivity index (χ0n) is 54.5. The Bertz CT molecular complexity index is 1680. The molecule has 2 N–H and O–H groups in total. The van der Waals surface area contributed by atoms with Crippen molar-refractivity contribution in [2.24, 2.45) is 0 Å². The van der Waals surface area contributed by atoms with Gasteiger partial charge in [0.25, 0.3) is 0 Å². The molecule has 10 heteroatoms. The van der Waals surface area contributed by atoms with Crippen LogP contribution in [0.1, 0.15) is 310 Å². The number of hydrogen-bond acceptors (Lipinski definition) is 6. The van der Waals surface area contributed by atoms with Gasteiger partial charge < -0.3 is 19.4 Å². The molecule has 0 aromatic carbocycles. The number of unbranched alkanes of at least 4 members (excludes halogenated alkanes) is 34. The Morgan fingerprint density at radius 1 is 0.439 bits per heavy atom. The van der Waals surface area contributed by atoms with Gasteiger partial charge >= 0.3 is 13.8 Å². The first-order chi connectivity index (χ1) is 39.9. The number of ether oxygens (including phenoxy) is 1. The molecule has 3 unspecified atom stereocenters. The quantitative estimate of drug-likeness (QED) is 0.0205. The van der Waals surface area contributed by atoms with Crippen molar-refractivity contribution < 1.29 is 37.3 Å². The number of likely N-dealkylation sites (N-methyl/N-ethyl adjacent to an activating group) is 1. The molecule has 0 aromatic heterocycles. The van der Waals surface area contributed by atoms with E-state index in [4.69, 9.17) is 13.8 Å². The van der Waals surface area contributed by atoms with Crippen LogP contribution in [0.25, 0.3) is 0 Å². The van der Waals surface area contributed by atoms with Crippen LogP contribution in [0.15, 0.2) is 85.1 Å². The van der Waals surface area contributed by atoms with E-state index < -0.39 is 20.0 Å². The van der Waals surface area contributed by atoms with E-state index in [1.54, 1.807) is 0 Å². The third kappa shape index (κ3) is 61.7. The van der Waals surface area contributed by atoms with E-state index in [1.165, 1.54) is 180 Å². The number of esters is 1. The molecular formula is C72H132N2O7P+. The number of nitrogens with zero attached hydrogens (tertiary/aromatic N) is 1. The van der Waals surface area contributed by atoms with Gasteiger partial charge in [0.2, 0.25) is 5.91 Å². The molecule has 0 rings (SSSR count). The largest absolute Gasteiger partial charge is 0.472 e. The van der Waals surface area contributed by atoms with Crippen LogP contribution in [-0.2, 0) is 27.9 Å². The molecule has 0 aliphatic carbocycles. The van der Waals surface area contributed by atoms with Crippen molar-refractivity contribution >= 4 is 19.7 Å². The highest BCUT2D eigenvalue weighted by Gasteiger charge is 2.30. The van der Waals surface area contributed by atoms with Gasteiger partial charge in [0, 0.05) is 12.8 Å². The summed E-state index contributed by atoms with van der Waals surface area (Å²) in [4.78, 5) is 37.8. The van der Waals surface area contributed by atoms with E-state index in [-0.39, 0.29) is 31.5 Å². The average Bonchev–Trinajstić information content (AvgIpc) is 3.47. The fourth-order valence-electron chi connectivity index (χ4n) is 9.79. The Morgan fingerprint density at radius 2 is 0.780 bits per heavy atom. The SMILES string of the molecule is CC/C=C\C/C=C\C/C=C\C/C=C\C/C=C\CCCCCC(=O)NC(COP(=O)(O)OCC[N+](C)(C)C)C(/C=C\CCCCCCCCCCCC)OC(=O)CCCCCCCCCCCCCCCCC/C=C/CCCCCCCC. The van der Waals surface area contributed by atoms with Crippen LogP contribution in [0.2, 0.25) is 0 Å². The van der Waals surface area contributed by atoms with Crippen LogP contribution < -0.4 is 5.32 Å². The molecule has 0 heterocycles. The second-order valence-electron chi connectivity index (χ2n) is 24.3. The number of carbonyl (C=O) groups is 2. The predicted molar refractivity (Wildman–Crippen MR) is 355 cm³/mol. The Morgan fingerprint density at radius 3 is 1.20 bits per heavy atom. The molecule has 0 saturated heterocycles. The standard InChI is InChI=1S/C72H131N2O7P/c1-7-10-13-16-19-22-25-28-30-32-34-35-36-37-38-39-41-43-45-47-50-53-56-59-62-65-72(76)81-70(63-60-57-54-51-48-27-24-21-18-15-12-9-3)69(68-80-82(77,78)79-67-66-74(4,5)6)73-71(75)64-61-58-55-52-49-46-44-42-40-33-31-29-26-23-20-17-14-11-8-2/h11,14,20,23,28-31,40,42,46,49,60,63,69-70H,7-10,12-13,15-19,21-22,24-27,32-39,41,43-45,47-48,50-59,61-62,64-68H2,1-6H3,(H-,73,75,77,78)/p+1/b14-11-,23-20-,30-28+,31-29-,42-40-,49-46-,63-60-. The van der Waals surface area contributed by atoms with Crippen molar-refractivity contribution in [3.63, 3.8) is 0 Å². The number of rotatable bonds is 62. The van der Waals surface area contributed by atoms with Gasteiger partial charge in [-0.2, -0.15) is 0 Å². The van der Waals surface area contributed by atoms with E-state index >= 15 is 0 Å². The van der Waals surface area contributed by atoms with Crippen LogP contribution in [0.4, 0.5) is 0 Å². The fraction of sp³-hybridized carbons (Fsp3) is 0.778. The molecular weight excluding hydrogens is 1040 g/mol. The zero-order valence-corrected chi connectivity index (χ0v) is 55.4. The minimum atomic E-state index is -4.46. The summed E-state index contributed by atoms with van der Waals surface area (Å²) in [7, 11) is 1.47. The second kappa shape index (κ2) is 61.3. The van der Waals surface area contributed by atoms with E-state index in [2.05, 4.69) is 99.0 Å². The van der Waals surface area contributed by atoms with Crippen LogP contribution in [0, 0.1) is 0 Å². The number of quaternary nitrogens is 1. The molecule has 0 aromatic rings. The highest BCUT2D eigenvalue weighted by atomic mass is 31.2. The molecule has 476 valence electrons. The predicted octanol–water partition coefficient (Wildman–Crippen LogP) is 21.7. The minimum absolute atomic E-state index is 0.0311. The molecule has 0 saturated carbocycles. The Balaban J connectivity index is 5.13. The molecule has 0 fully saturated rings. The van der Waals surface area contributed by atoms with Crippen LogP contribution in [-0.4, -0.2) is 74.3 Å². The topological polar surface area (TPSA) is 111 Å². The number of hydrogen-bond donors (Lipinski definition) is 2. The first-order valence-electron chi connectivity index (χ1n) is 34.4. The third-order valence-electron chi connectivity index (χ3n) is 15.1. The minimum Gasteiger partial charge on any atom is -0.456 e. The maximum atomic E-state index is 13.6. The van der Waals surface area contributed by atoms with E-state index in [0.717, 1.165) is 89.9 Å². The van der Waals surface area contributed by atoms with E-state index in [1.807, 2.05) is 33.3 Å². The van der Waals surface area contributed by atoms with Gasteiger partial charge in [-0.1, -0.05) is 280 Å². The fourth-order valence-corrected chi connectivity index (χ4v) is 10.5. The molecule has 0 aliphatic heterocycles. The van der Waals surface area contributed by atoms with Gasteiger partial charge in [-0.3, -0.25) is 18.6 Å². The normalized spacial score (nSPS) is 14.1. The average molecular weight is 1170 g/mol. The maximum Gasteiger partial charge on any atom is 0.472 e. The van der Waals surface area contributed by atoms with Crippen LogP contribution in [0.5, 0.6) is 0 Å². The van der Waals surface area contributed by atoms with Crippen LogP contribution >= 0.6 is 7.82 Å².